The van der Waals surface area contributed by atoms with Gasteiger partial charge in [0.05, 0.1) is 18.4 Å². The van der Waals surface area contributed by atoms with E-state index in [1.165, 1.54) is 0 Å². The number of rotatable bonds is 10. The Hall–Kier alpha value is -2.67. The molecule has 2 amide bonds. The minimum absolute atomic E-state index is 0.103. The van der Waals surface area contributed by atoms with Crippen molar-refractivity contribution in [3.63, 3.8) is 0 Å². The Morgan fingerprint density at radius 2 is 1.88 bits per heavy atom. The lowest BCUT2D eigenvalue weighted by Gasteiger charge is -2.32. The summed E-state index contributed by atoms with van der Waals surface area (Å²) in [7, 11) is 0. The summed E-state index contributed by atoms with van der Waals surface area (Å²) in [6, 6.07) is 8.97. The number of aliphatic hydroxyl groups excluding tert-OH is 1. The maximum Gasteiger partial charge on any atom is 0.310 e. The van der Waals surface area contributed by atoms with Gasteiger partial charge in [-0.3, -0.25) is 14.4 Å². The highest BCUT2D eigenvalue weighted by molar-refractivity contribution is 5.96. The van der Waals surface area contributed by atoms with Gasteiger partial charge in [-0.25, -0.2) is 0 Å². The van der Waals surface area contributed by atoms with Crippen molar-refractivity contribution in [2.45, 2.75) is 45.7 Å². The Kier molecular flexibility index (Phi) is 8.45. The number of fused-ring (bicyclic) bond motifs is 1. The van der Waals surface area contributed by atoms with Crippen molar-refractivity contribution < 1.29 is 24.2 Å². The molecular formula is C25H34N2O5. The molecule has 7 nitrogen and oxygen atoms in total. The highest BCUT2D eigenvalue weighted by atomic mass is 16.5. The molecule has 0 aromatic heterocycles. The van der Waals surface area contributed by atoms with E-state index in [0.717, 1.165) is 12.0 Å². The molecule has 1 aliphatic heterocycles. The van der Waals surface area contributed by atoms with E-state index in [1.54, 1.807) is 11.8 Å². The van der Waals surface area contributed by atoms with Crippen molar-refractivity contribution >= 4 is 17.8 Å². The Morgan fingerprint density at radius 3 is 2.56 bits per heavy atom. The minimum Gasteiger partial charge on any atom is -0.466 e. The molecule has 0 unspecified atom stereocenters. The zero-order chi connectivity index (χ0) is 23.1. The average Bonchev–Trinajstić information content (AvgIpc) is 3.07. The predicted octanol–water partition coefficient (Wildman–Crippen LogP) is 2.29. The Morgan fingerprint density at radius 1 is 1.12 bits per heavy atom. The standard InChI is InChI=1S/C25H34N2O5/c1-3-32-25(31)20-17(2)12-13-19-21(20)24(30)27(14-8-5-9-15-28)22(19)23(29)26-16-18-10-6-4-7-11-18/h4,6-7,10-13,17,19-22,28H,3,5,8-9,14-16H2,1-2H3,(H,26,29)/t17-,19+,20-,21+,22+/m1/s1. The van der Waals surface area contributed by atoms with E-state index >= 15 is 0 Å². The number of nitrogens with one attached hydrogen (secondary N) is 1. The lowest BCUT2D eigenvalue weighted by Crippen LogP contribution is -2.47. The fraction of sp³-hybridized carbons (Fsp3) is 0.560. The van der Waals surface area contributed by atoms with E-state index in [0.29, 0.717) is 25.9 Å². The number of hydrogen-bond acceptors (Lipinski definition) is 5. The van der Waals surface area contributed by atoms with Gasteiger partial charge in [-0.1, -0.05) is 49.4 Å². The van der Waals surface area contributed by atoms with E-state index in [1.807, 2.05) is 49.4 Å². The summed E-state index contributed by atoms with van der Waals surface area (Å²) in [4.78, 5) is 41.2. The number of nitrogens with zero attached hydrogens (tertiary/aromatic N) is 1. The van der Waals surface area contributed by atoms with Crippen LogP contribution in [0.4, 0.5) is 0 Å². The molecule has 0 bridgehead atoms. The van der Waals surface area contributed by atoms with Crippen LogP contribution < -0.4 is 5.32 Å². The van der Waals surface area contributed by atoms with Gasteiger partial charge in [-0.2, -0.15) is 0 Å². The molecule has 32 heavy (non-hydrogen) atoms. The third-order valence-corrected chi connectivity index (χ3v) is 6.47. The molecule has 0 saturated carbocycles. The molecule has 1 fully saturated rings. The number of esters is 1. The van der Waals surface area contributed by atoms with Crippen LogP contribution in [0.15, 0.2) is 42.5 Å². The molecule has 1 saturated heterocycles. The van der Waals surface area contributed by atoms with E-state index in [4.69, 9.17) is 9.84 Å². The molecule has 0 spiro atoms. The van der Waals surface area contributed by atoms with Crippen molar-refractivity contribution in [3.05, 3.63) is 48.0 Å². The molecule has 0 radical (unpaired) electrons. The molecule has 1 aromatic rings. The number of benzene rings is 1. The second-order valence-corrected chi connectivity index (χ2v) is 8.59. The summed E-state index contributed by atoms with van der Waals surface area (Å²) in [5.41, 5.74) is 0.980. The Bertz CT molecular complexity index is 825. The van der Waals surface area contributed by atoms with Crippen molar-refractivity contribution in [1.82, 2.24) is 10.2 Å². The molecule has 5 atom stereocenters. The number of allylic oxidation sites excluding steroid dienone is 1. The summed E-state index contributed by atoms with van der Waals surface area (Å²) in [6.07, 6.45) is 5.98. The van der Waals surface area contributed by atoms with Crippen LogP contribution in [0.5, 0.6) is 0 Å². The first-order valence-electron chi connectivity index (χ1n) is 11.6. The zero-order valence-corrected chi connectivity index (χ0v) is 18.9. The smallest absolute Gasteiger partial charge is 0.310 e. The molecular weight excluding hydrogens is 408 g/mol. The van der Waals surface area contributed by atoms with E-state index in [2.05, 4.69) is 5.32 Å². The highest BCUT2D eigenvalue weighted by Crippen LogP contribution is 2.44. The maximum absolute atomic E-state index is 13.5. The number of carbonyl (C=O) groups is 3. The van der Waals surface area contributed by atoms with E-state index in [-0.39, 0.29) is 42.8 Å². The number of likely N-dealkylation sites (tertiary alicyclic amines) is 1. The molecule has 174 valence electrons. The Labute approximate surface area is 189 Å². The SMILES string of the molecule is CCOC(=O)[C@H]1[C@H]2C(=O)N(CCCCCO)[C@H](C(=O)NCc3ccccc3)[C@H]2C=C[C@H]1C. The first-order valence-corrected chi connectivity index (χ1v) is 11.6. The average molecular weight is 443 g/mol. The van der Waals surface area contributed by atoms with Crippen molar-refractivity contribution in [1.29, 1.82) is 0 Å². The quantitative estimate of drug-likeness (QED) is 0.329. The largest absolute Gasteiger partial charge is 0.466 e. The number of amides is 2. The zero-order valence-electron chi connectivity index (χ0n) is 18.9. The van der Waals surface area contributed by atoms with Gasteiger partial charge >= 0.3 is 5.97 Å². The van der Waals surface area contributed by atoms with Crippen LogP contribution in [-0.2, 0) is 25.7 Å². The van der Waals surface area contributed by atoms with Gasteiger partial charge in [0, 0.05) is 25.6 Å². The summed E-state index contributed by atoms with van der Waals surface area (Å²) >= 11 is 0. The van der Waals surface area contributed by atoms with Crippen molar-refractivity contribution in [2.24, 2.45) is 23.7 Å². The summed E-state index contributed by atoms with van der Waals surface area (Å²) in [5.74, 6) is -2.45. The van der Waals surface area contributed by atoms with Crippen molar-refractivity contribution in [3.8, 4) is 0 Å². The number of carbonyl (C=O) groups excluding carboxylic acids is 3. The fourth-order valence-electron chi connectivity index (χ4n) is 4.89. The second-order valence-electron chi connectivity index (χ2n) is 8.59. The number of aliphatic hydroxyl groups is 1. The third-order valence-electron chi connectivity index (χ3n) is 6.47. The van der Waals surface area contributed by atoms with Crippen LogP contribution in [0.3, 0.4) is 0 Å². The van der Waals surface area contributed by atoms with Gasteiger partial charge in [-0.05, 0) is 37.7 Å². The lowest BCUT2D eigenvalue weighted by molar-refractivity contribution is -0.155. The Balaban J connectivity index is 1.83. The molecule has 2 aliphatic rings. The maximum atomic E-state index is 13.5. The minimum atomic E-state index is -0.661. The van der Waals surface area contributed by atoms with E-state index in [9.17, 15) is 14.4 Å². The topological polar surface area (TPSA) is 95.9 Å². The molecule has 7 heteroatoms. The predicted molar refractivity (Wildman–Crippen MR) is 120 cm³/mol. The molecule has 1 aromatic carbocycles. The van der Waals surface area contributed by atoms with Gasteiger partial charge in [-0.15, -0.1) is 0 Å². The second kappa shape index (κ2) is 11.3. The van der Waals surface area contributed by atoms with Gasteiger partial charge in [0.1, 0.15) is 6.04 Å². The number of hydrogen-bond donors (Lipinski definition) is 2. The van der Waals surface area contributed by atoms with Crippen LogP contribution in [0.1, 0.15) is 38.7 Å². The number of unbranched alkanes of at least 4 members (excludes halogenated alkanes) is 2. The van der Waals surface area contributed by atoms with Gasteiger partial charge in [0.2, 0.25) is 11.8 Å². The summed E-state index contributed by atoms with van der Waals surface area (Å²) < 4.78 is 5.29. The van der Waals surface area contributed by atoms with Crippen LogP contribution in [0, 0.1) is 23.7 Å². The van der Waals surface area contributed by atoms with Crippen LogP contribution >= 0.6 is 0 Å². The van der Waals surface area contributed by atoms with Crippen LogP contribution in [-0.4, -0.2) is 53.6 Å². The fourth-order valence-corrected chi connectivity index (χ4v) is 4.89. The van der Waals surface area contributed by atoms with Gasteiger partial charge in [0.25, 0.3) is 0 Å². The van der Waals surface area contributed by atoms with Gasteiger partial charge in [0.15, 0.2) is 0 Å². The monoisotopic (exact) mass is 442 g/mol. The van der Waals surface area contributed by atoms with Crippen molar-refractivity contribution in [2.75, 3.05) is 19.8 Å². The molecule has 3 rings (SSSR count). The van der Waals surface area contributed by atoms with Gasteiger partial charge < -0.3 is 20.1 Å². The van der Waals surface area contributed by atoms with Crippen LogP contribution in [0.25, 0.3) is 0 Å². The molecule has 2 N–H and O–H groups in total. The van der Waals surface area contributed by atoms with E-state index < -0.39 is 17.9 Å². The third kappa shape index (κ3) is 5.21. The normalized spacial score (nSPS) is 26.7. The molecule has 1 heterocycles. The summed E-state index contributed by atoms with van der Waals surface area (Å²) in [6.45, 7) is 4.82. The van der Waals surface area contributed by atoms with Crippen LogP contribution in [0.2, 0.25) is 0 Å². The summed E-state index contributed by atoms with van der Waals surface area (Å²) in [5, 5.41) is 12.1. The lowest BCUT2D eigenvalue weighted by atomic mass is 9.70. The first-order chi connectivity index (χ1) is 15.5. The highest BCUT2D eigenvalue weighted by Gasteiger charge is 2.56. The first kappa shape index (κ1) is 24.0. The molecule has 1 aliphatic carbocycles. The number of ether oxygens (including phenoxy) is 1.